The van der Waals surface area contributed by atoms with Crippen molar-refractivity contribution in [1.29, 1.82) is 0 Å². The van der Waals surface area contributed by atoms with Gasteiger partial charge in [-0.25, -0.2) is 0 Å². The minimum Gasteiger partial charge on any atom is -0.379 e. The van der Waals surface area contributed by atoms with Gasteiger partial charge in [0.05, 0.1) is 11.0 Å². The monoisotopic (exact) mass is 328 g/mol. The molecule has 1 aromatic rings. The number of nitrogens with zero attached hydrogens (tertiary/aromatic N) is 1. The molecule has 1 aliphatic rings. The van der Waals surface area contributed by atoms with Gasteiger partial charge < -0.3 is 10.1 Å². The Bertz CT molecular complexity index is 448. The molecule has 0 saturated carbocycles. The molecule has 1 fully saturated rings. The van der Waals surface area contributed by atoms with Crippen LogP contribution in [0, 0.1) is 10.1 Å². The van der Waals surface area contributed by atoms with E-state index in [4.69, 9.17) is 4.74 Å². The molecule has 104 valence electrons. The molecule has 0 aromatic heterocycles. The number of ether oxygens (including phenoxy) is 1. The highest BCUT2D eigenvalue weighted by atomic mass is 79.9. The Balaban J connectivity index is 1.89. The van der Waals surface area contributed by atoms with Crippen molar-refractivity contribution in [2.75, 3.05) is 18.5 Å². The van der Waals surface area contributed by atoms with Gasteiger partial charge in [-0.2, -0.15) is 0 Å². The Morgan fingerprint density at radius 1 is 1.47 bits per heavy atom. The van der Waals surface area contributed by atoms with Gasteiger partial charge in [0, 0.05) is 23.7 Å². The van der Waals surface area contributed by atoms with Gasteiger partial charge in [0.25, 0.3) is 5.69 Å². The molecule has 19 heavy (non-hydrogen) atoms. The summed E-state index contributed by atoms with van der Waals surface area (Å²) in [6.45, 7) is 1.52. The summed E-state index contributed by atoms with van der Waals surface area (Å²) in [5, 5.41) is 14.1. The number of hydrogen-bond donors (Lipinski definition) is 1. The largest absolute Gasteiger partial charge is 0.379 e. The minimum atomic E-state index is -0.371. The number of benzene rings is 1. The summed E-state index contributed by atoms with van der Waals surface area (Å²) in [5.41, 5.74) is 0.656. The molecule has 0 bridgehead atoms. The number of nitrogens with one attached hydrogen (secondary N) is 1. The average Bonchev–Trinajstić information content (AvgIpc) is 2.41. The summed E-state index contributed by atoms with van der Waals surface area (Å²) in [6, 6.07) is 5.04. The van der Waals surface area contributed by atoms with Crippen LogP contribution in [0.1, 0.15) is 25.7 Å². The molecule has 1 aliphatic heterocycles. The van der Waals surface area contributed by atoms with Gasteiger partial charge in [-0.1, -0.05) is 15.9 Å². The van der Waals surface area contributed by atoms with Crippen LogP contribution in [0.5, 0.6) is 0 Å². The number of rotatable bonds is 5. The first-order chi connectivity index (χ1) is 9.16. The van der Waals surface area contributed by atoms with Crippen molar-refractivity contribution in [3.8, 4) is 0 Å². The van der Waals surface area contributed by atoms with Gasteiger partial charge in [0.15, 0.2) is 0 Å². The maximum Gasteiger partial charge on any atom is 0.293 e. The Hall–Kier alpha value is -1.14. The van der Waals surface area contributed by atoms with E-state index in [1.807, 2.05) is 0 Å². The second kappa shape index (κ2) is 6.86. The zero-order valence-electron chi connectivity index (χ0n) is 10.6. The highest BCUT2D eigenvalue weighted by Crippen LogP contribution is 2.28. The third kappa shape index (κ3) is 4.18. The van der Waals surface area contributed by atoms with Gasteiger partial charge in [-0.3, -0.25) is 10.1 Å². The Kier molecular flexibility index (Phi) is 5.15. The third-order valence-corrected chi connectivity index (χ3v) is 3.71. The van der Waals surface area contributed by atoms with Gasteiger partial charge in [0.1, 0.15) is 5.69 Å². The maximum absolute atomic E-state index is 11.0. The number of anilines is 1. The molecular formula is C13H17BrN2O3. The average molecular weight is 329 g/mol. The molecule has 1 N–H and O–H groups in total. The molecule has 6 heteroatoms. The lowest BCUT2D eigenvalue weighted by Gasteiger charge is -2.22. The SMILES string of the molecule is O=[N+]([O-])c1cc(Br)ccc1NCCC1CCCCO1. The number of nitro groups is 1. The molecule has 5 nitrogen and oxygen atoms in total. The molecule has 0 aliphatic carbocycles. The second-order valence-corrected chi connectivity index (χ2v) is 5.54. The topological polar surface area (TPSA) is 64.4 Å². The van der Waals surface area contributed by atoms with Crippen molar-refractivity contribution in [2.45, 2.75) is 31.8 Å². The van der Waals surface area contributed by atoms with E-state index in [9.17, 15) is 10.1 Å². The normalized spacial score (nSPS) is 19.1. The van der Waals surface area contributed by atoms with Crippen LogP contribution in [0.3, 0.4) is 0 Å². The van der Waals surface area contributed by atoms with E-state index < -0.39 is 0 Å². The fraction of sp³-hybridized carbons (Fsp3) is 0.538. The standard InChI is InChI=1S/C13H17BrN2O3/c14-10-4-5-12(13(9-10)16(17)18)15-7-6-11-3-1-2-8-19-11/h4-5,9,11,15H,1-3,6-8H2. The van der Waals surface area contributed by atoms with Gasteiger partial charge >= 0.3 is 0 Å². The van der Waals surface area contributed by atoms with E-state index in [-0.39, 0.29) is 16.7 Å². The summed E-state index contributed by atoms with van der Waals surface area (Å²) in [5.74, 6) is 0. The van der Waals surface area contributed by atoms with Gasteiger partial charge in [0.2, 0.25) is 0 Å². The maximum atomic E-state index is 11.0. The van der Waals surface area contributed by atoms with Crippen LogP contribution in [-0.4, -0.2) is 24.2 Å². The molecule has 1 heterocycles. The molecule has 0 radical (unpaired) electrons. The molecule has 0 amide bonds. The predicted octanol–water partition coefficient (Wildman–Crippen LogP) is 3.73. The van der Waals surface area contributed by atoms with Crippen molar-refractivity contribution in [2.24, 2.45) is 0 Å². The highest BCUT2D eigenvalue weighted by Gasteiger charge is 2.16. The second-order valence-electron chi connectivity index (χ2n) is 4.62. The molecule has 1 unspecified atom stereocenters. The predicted molar refractivity (Wildman–Crippen MR) is 77.5 cm³/mol. The van der Waals surface area contributed by atoms with Gasteiger partial charge in [-0.15, -0.1) is 0 Å². The lowest BCUT2D eigenvalue weighted by atomic mass is 10.1. The molecular weight excluding hydrogens is 312 g/mol. The van der Waals surface area contributed by atoms with E-state index in [1.54, 1.807) is 12.1 Å². The van der Waals surface area contributed by atoms with Crippen molar-refractivity contribution in [1.82, 2.24) is 0 Å². The smallest absolute Gasteiger partial charge is 0.293 e. The molecule has 1 saturated heterocycles. The number of hydrogen-bond acceptors (Lipinski definition) is 4. The summed E-state index contributed by atoms with van der Waals surface area (Å²) in [7, 11) is 0. The minimum absolute atomic E-state index is 0.0962. The summed E-state index contributed by atoms with van der Waals surface area (Å²) >= 11 is 3.24. The summed E-state index contributed by atoms with van der Waals surface area (Å²) in [4.78, 5) is 10.6. The quantitative estimate of drug-likeness (QED) is 0.660. The Morgan fingerprint density at radius 3 is 3.00 bits per heavy atom. The first kappa shape index (κ1) is 14.3. The lowest BCUT2D eigenvalue weighted by molar-refractivity contribution is -0.384. The molecule has 0 spiro atoms. The van der Waals surface area contributed by atoms with Crippen molar-refractivity contribution >= 4 is 27.3 Å². The number of halogens is 1. The van der Waals surface area contributed by atoms with Crippen molar-refractivity contribution in [3.63, 3.8) is 0 Å². The molecule has 2 rings (SSSR count). The van der Waals surface area contributed by atoms with E-state index >= 15 is 0 Å². The van der Waals surface area contributed by atoms with Gasteiger partial charge in [-0.05, 0) is 37.8 Å². The van der Waals surface area contributed by atoms with Crippen molar-refractivity contribution in [3.05, 3.63) is 32.8 Å². The molecule has 1 atom stereocenters. The summed E-state index contributed by atoms with van der Waals surface area (Å²) in [6.07, 6.45) is 4.61. The Labute approximate surface area is 120 Å². The Morgan fingerprint density at radius 2 is 2.32 bits per heavy atom. The van der Waals surface area contributed by atoms with Crippen molar-refractivity contribution < 1.29 is 9.66 Å². The first-order valence-corrected chi connectivity index (χ1v) is 7.25. The molecule has 1 aromatic carbocycles. The van der Waals surface area contributed by atoms with Crippen LogP contribution >= 0.6 is 15.9 Å². The zero-order valence-corrected chi connectivity index (χ0v) is 12.2. The van der Waals surface area contributed by atoms with E-state index in [2.05, 4.69) is 21.2 Å². The van der Waals surface area contributed by atoms with E-state index in [0.717, 1.165) is 25.9 Å². The van der Waals surface area contributed by atoms with E-state index in [0.29, 0.717) is 16.7 Å². The van der Waals surface area contributed by atoms with Crippen LogP contribution < -0.4 is 5.32 Å². The lowest BCUT2D eigenvalue weighted by Crippen LogP contribution is -2.22. The van der Waals surface area contributed by atoms with Crippen LogP contribution in [0.2, 0.25) is 0 Å². The van der Waals surface area contributed by atoms with Crippen LogP contribution in [0.15, 0.2) is 22.7 Å². The number of nitro benzene ring substituents is 1. The summed E-state index contributed by atoms with van der Waals surface area (Å²) < 4.78 is 6.34. The fourth-order valence-corrected chi connectivity index (χ4v) is 2.56. The third-order valence-electron chi connectivity index (χ3n) is 3.21. The van der Waals surface area contributed by atoms with Crippen LogP contribution in [0.25, 0.3) is 0 Å². The zero-order chi connectivity index (χ0) is 13.7. The van der Waals surface area contributed by atoms with Crippen LogP contribution in [-0.2, 0) is 4.74 Å². The first-order valence-electron chi connectivity index (χ1n) is 6.46. The van der Waals surface area contributed by atoms with Crippen LogP contribution in [0.4, 0.5) is 11.4 Å². The fourth-order valence-electron chi connectivity index (χ4n) is 2.21. The highest BCUT2D eigenvalue weighted by molar-refractivity contribution is 9.10. The van der Waals surface area contributed by atoms with E-state index in [1.165, 1.54) is 12.5 Å².